The van der Waals surface area contributed by atoms with Gasteiger partial charge in [-0.1, -0.05) is 11.6 Å². The molecule has 0 bridgehead atoms. The van der Waals surface area contributed by atoms with Crippen LogP contribution in [0.15, 0.2) is 30.0 Å². The van der Waals surface area contributed by atoms with E-state index in [9.17, 15) is 13.2 Å². The van der Waals surface area contributed by atoms with E-state index in [1.54, 1.807) is 0 Å². The summed E-state index contributed by atoms with van der Waals surface area (Å²) in [5.41, 5.74) is 7.92. The number of hydrogen-bond donors (Lipinski definition) is 1. The Labute approximate surface area is 192 Å². The van der Waals surface area contributed by atoms with Gasteiger partial charge in [0.05, 0.1) is 11.3 Å². The number of piperazine rings is 1. The minimum absolute atomic E-state index is 0.105. The molecule has 5 rings (SSSR count). The summed E-state index contributed by atoms with van der Waals surface area (Å²) >= 11 is 0. The zero-order valence-electron chi connectivity index (χ0n) is 19.5. The summed E-state index contributed by atoms with van der Waals surface area (Å²) in [6.07, 6.45) is 0.360. The fourth-order valence-electron chi connectivity index (χ4n) is 5.68. The molecule has 3 heterocycles. The van der Waals surface area contributed by atoms with Crippen molar-refractivity contribution in [3.63, 3.8) is 0 Å². The van der Waals surface area contributed by atoms with Gasteiger partial charge in [0.15, 0.2) is 0 Å². The molecule has 178 valence electrons. The summed E-state index contributed by atoms with van der Waals surface area (Å²) in [6, 6.07) is 4.11. The number of hydrogen-bond acceptors (Lipinski definition) is 5. The number of halogens is 3. The van der Waals surface area contributed by atoms with Gasteiger partial charge >= 0.3 is 6.18 Å². The topological polar surface area (TPSA) is 63.2 Å². The maximum absolute atomic E-state index is 13.3. The molecule has 2 aromatic heterocycles. The molecular weight excluding hydrogens is 429 g/mol. The molecule has 2 aromatic rings. The summed E-state index contributed by atoms with van der Waals surface area (Å²) in [5, 5.41) is 4.68. The number of alkyl halides is 3. The molecule has 33 heavy (non-hydrogen) atoms. The van der Waals surface area contributed by atoms with Gasteiger partial charge in [-0.05, 0) is 52.3 Å². The van der Waals surface area contributed by atoms with Gasteiger partial charge in [-0.3, -0.25) is 9.58 Å². The van der Waals surface area contributed by atoms with E-state index < -0.39 is 17.6 Å². The highest BCUT2D eigenvalue weighted by molar-refractivity contribution is 5.64. The standard InChI is InChI=1S/C24H31F3N6/c1-13(2)33-21(10-20(30-33)15-7-19(24(25,26)27)23(28)29-11-15)22-17-8-16(9-18(17)22)32-6-5-31(4)12-14(32)3/h7-8,10-11,13-14,16,18,22H,5-6,9,12H2,1-4H3,(H2,28,29)/t14-,16+,18+,22+/m0/s1. The van der Waals surface area contributed by atoms with Crippen molar-refractivity contribution in [1.82, 2.24) is 24.6 Å². The lowest BCUT2D eigenvalue weighted by atomic mass is 10.0. The smallest absolute Gasteiger partial charge is 0.383 e. The number of anilines is 1. The molecule has 2 fully saturated rings. The Morgan fingerprint density at radius 3 is 2.55 bits per heavy atom. The lowest BCUT2D eigenvalue weighted by molar-refractivity contribution is -0.137. The average Bonchev–Trinajstić information content (AvgIpc) is 3.07. The predicted octanol–water partition coefficient (Wildman–Crippen LogP) is 4.18. The number of fused-ring (bicyclic) bond motifs is 1. The van der Waals surface area contributed by atoms with Gasteiger partial charge in [-0.25, -0.2) is 4.98 Å². The molecule has 1 aliphatic heterocycles. The zero-order chi connectivity index (χ0) is 23.7. The summed E-state index contributed by atoms with van der Waals surface area (Å²) in [7, 11) is 2.17. The maximum Gasteiger partial charge on any atom is 0.419 e. The SMILES string of the molecule is CC(C)n1nc(-c2cnc(N)c(C(F)(F)F)c2)cc1[C@@H]1C2=C[C@@H](N3CCN(C)C[C@@H]3C)C[C@H]21. The third-order valence-corrected chi connectivity index (χ3v) is 7.36. The average molecular weight is 461 g/mol. The van der Waals surface area contributed by atoms with E-state index in [2.05, 4.69) is 39.9 Å². The monoisotopic (exact) mass is 460 g/mol. The Balaban J connectivity index is 1.41. The van der Waals surface area contributed by atoms with Crippen molar-refractivity contribution in [1.29, 1.82) is 0 Å². The van der Waals surface area contributed by atoms with Crippen LogP contribution in [0.25, 0.3) is 11.3 Å². The molecule has 2 aliphatic carbocycles. The van der Waals surface area contributed by atoms with Crippen LogP contribution in [0.1, 0.15) is 50.4 Å². The fraction of sp³-hybridized carbons (Fsp3) is 0.583. The Bertz CT molecular complexity index is 1090. The van der Waals surface area contributed by atoms with Gasteiger partial charge in [-0.15, -0.1) is 0 Å². The molecule has 0 spiro atoms. The Kier molecular flexibility index (Phi) is 5.32. The number of nitrogens with two attached hydrogens (primary N) is 1. The van der Waals surface area contributed by atoms with Crippen molar-refractivity contribution in [2.24, 2.45) is 5.92 Å². The van der Waals surface area contributed by atoms with E-state index in [1.807, 2.05) is 24.6 Å². The molecule has 1 saturated carbocycles. The molecule has 0 radical (unpaired) electrons. The summed E-state index contributed by atoms with van der Waals surface area (Å²) < 4.78 is 41.9. The number of nitrogen functional groups attached to an aromatic ring is 1. The first kappa shape index (κ1) is 22.4. The highest BCUT2D eigenvalue weighted by Crippen LogP contribution is 2.61. The van der Waals surface area contributed by atoms with Crippen LogP contribution < -0.4 is 5.73 Å². The van der Waals surface area contributed by atoms with Crippen molar-refractivity contribution in [3.8, 4) is 11.3 Å². The lowest BCUT2D eigenvalue weighted by Crippen LogP contribution is -2.53. The number of aromatic nitrogens is 3. The maximum atomic E-state index is 13.3. The Hall–Kier alpha value is -2.39. The summed E-state index contributed by atoms with van der Waals surface area (Å²) in [5.74, 6) is 0.288. The van der Waals surface area contributed by atoms with Crippen molar-refractivity contribution >= 4 is 5.82 Å². The second-order valence-corrected chi connectivity index (χ2v) is 10.1. The van der Waals surface area contributed by atoms with E-state index in [4.69, 9.17) is 5.73 Å². The quantitative estimate of drug-likeness (QED) is 0.694. The second-order valence-electron chi connectivity index (χ2n) is 10.1. The highest BCUT2D eigenvalue weighted by Gasteiger charge is 2.53. The third kappa shape index (κ3) is 3.95. The molecule has 3 aliphatic rings. The number of nitrogens with zero attached hydrogens (tertiary/aromatic N) is 5. The number of pyridine rings is 1. The molecule has 9 heteroatoms. The van der Waals surface area contributed by atoms with Crippen LogP contribution in [-0.4, -0.2) is 63.3 Å². The molecule has 2 N–H and O–H groups in total. The largest absolute Gasteiger partial charge is 0.419 e. The van der Waals surface area contributed by atoms with Crippen LogP contribution in [0.2, 0.25) is 0 Å². The van der Waals surface area contributed by atoms with Crippen molar-refractivity contribution in [3.05, 3.63) is 41.2 Å². The van der Waals surface area contributed by atoms with Crippen LogP contribution in [0.5, 0.6) is 0 Å². The first-order valence-corrected chi connectivity index (χ1v) is 11.6. The number of allylic oxidation sites excluding steroid dienone is 1. The molecular formula is C24H31F3N6. The predicted molar refractivity (Wildman–Crippen MR) is 122 cm³/mol. The molecule has 0 amide bonds. The molecule has 6 nitrogen and oxygen atoms in total. The molecule has 4 atom stereocenters. The Morgan fingerprint density at radius 2 is 1.94 bits per heavy atom. The fourth-order valence-corrected chi connectivity index (χ4v) is 5.68. The number of likely N-dealkylation sites (N-methyl/N-ethyl adjacent to an activating group) is 1. The van der Waals surface area contributed by atoms with E-state index in [1.165, 1.54) is 11.8 Å². The van der Waals surface area contributed by atoms with Crippen LogP contribution in [0.3, 0.4) is 0 Å². The molecule has 0 unspecified atom stereocenters. The van der Waals surface area contributed by atoms with Crippen molar-refractivity contribution in [2.45, 2.75) is 57.4 Å². The number of rotatable bonds is 4. The first-order valence-electron chi connectivity index (χ1n) is 11.6. The van der Waals surface area contributed by atoms with Gasteiger partial charge in [0.2, 0.25) is 0 Å². The summed E-state index contributed by atoms with van der Waals surface area (Å²) in [4.78, 5) is 8.78. The van der Waals surface area contributed by atoms with E-state index in [0.29, 0.717) is 35.2 Å². The van der Waals surface area contributed by atoms with Crippen molar-refractivity contribution in [2.75, 3.05) is 32.4 Å². The van der Waals surface area contributed by atoms with Gasteiger partial charge < -0.3 is 10.6 Å². The van der Waals surface area contributed by atoms with E-state index in [-0.39, 0.29) is 6.04 Å². The zero-order valence-corrected chi connectivity index (χ0v) is 19.5. The minimum Gasteiger partial charge on any atom is -0.383 e. The molecule has 0 aromatic carbocycles. The lowest BCUT2D eigenvalue weighted by Gasteiger charge is -2.41. The molecule has 1 saturated heterocycles. The minimum atomic E-state index is -4.55. The van der Waals surface area contributed by atoms with E-state index in [0.717, 1.165) is 37.8 Å². The van der Waals surface area contributed by atoms with Crippen LogP contribution in [0, 0.1) is 5.92 Å². The normalized spacial score (nSPS) is 28.3. The van der Waals surface area contributed by atoms with E-state index >= 15 is 0 Å². The summed E-state index contributed by atoms with van der Waals surface area (Å²) in [6.45, 7) is 9.66. The highest BCUT2D eigenvalue weighted by atomic mass is 19.4. The van der Waals surface area contributed by atoms with Gasteiger partial charge in [-0.2, -0.15) is 18.3 Å². The van der Waals surface area contributed by atoms with Gasteiger partial charge in [0.25, 0.3) is 0 Å². The van der Waals surface area contributed by atoms with Crippen molar-refractivity contribution < 1.29 is 13.2 Å². The Morgan fingerprint density at radius 1 is 1.18 bits per heavy atom. The first-order chi connectivity index (χ1) is 15.5. The van der Waals surface area contributed by atoms with Crippen LogP contribution in [0.4, 0.5) is 19.0 Å². The van der Waals surface area contributed by atoms with Crippen LogP contribution in [-0.2, 0) is 6.18 Å². The van der Waals surface area contributed by atoms with Crippen LogP contribution >= 0.6 is 0 Å². The second kappa shape index (κ2) is 7.84. The van der Waals surface area contributed by atoms with Gasteiger partial charge in [0, 0.05) is 61.1 Å². The van der Waals surface area contributed by atoms with Gasteiger partial charge in [0.1, 0.15) is 5.82 Å². The third-order valence-electron chi connectivity index (χ3n) is 7.36.